The van der Waals surface area contributed by atoms with Crippen molar-refractivity contribution in [1.82, 2.24) is 5.32 Å². The topological polar surface area (TPSA) is 12.0 Å². The maximum atomic E-state index is 6.34. The van der Waals surface area contributed by atoms with Gasteiger partial charge in [0.2, 0.25) is 0 Å². The van der Waals surface area contributed by atoms with E-state index >= 15 is 0 Å². The predicted molar refractivity (Wildman–Crippen MR) is 95.6 cm³/mol. The molecule has 0 saturated carbocycles. The van der Waals surface area contributed by atoms with Crippen LogP contribution in [0.1, 0.15) is 58.4 Å². The molecule has 0 amide bonds. The lowest BCUT2D eigenvalue weighted by atomic mass is 9.87. The van der Waals surface area contributed by atoms with Gasteiger partial charge in [-0.05, 0) is 55.5 Å². The molecule has 2 unspecified atom stereocenters. The minimum Gasteiger partial charge on any atom is -0.313 e. The predicted octanol–water partition coefficient (Wildman–Crippen LogP) is 6.12. The van der Waals surface area contributed by atoms with E-state index in [9.17, 15) is 0 Å². The van der Waals surface area contributed by atoms with Crippen LogP contribution >= 0.6 is 23.2 Å². The van der Waals surface area contributed by atoms with Crippen molar-refractivity contribution in [2.24, 2.45) is 5.92 Å². The Kier molecular flexibility index (Phi) is 9.39. The van der Waals surface area contributed by atoms with E-state index < -0.39 is 0 Å². The zero-order valence-electron chi connectivity index (χ0n) is 13.6. The van der Waals surface area contributed by atoms with Crippen LogP contribution in [-0.2, 0) is 6.42 Å². The van der Waals surface area contributed by atoms with Crippen LogP contribution in [0.15, 0.2) is 18.2 Å². The van der Waals surface area contributed by atoms with E-state index in [1.165, 1.54) is 25.7 Å². The molecule has 0 fully saturated rings. The molecule has 1 nitrogen and oxygen atoms in total. The van der Waals surface area contributed by atoms with Crippen molar-refractivity contribution in [3.8, 4) is 0 Å². The Labute approximate surface area is 140 Å². The summed E-state index contributed by atoms with van der Waals surface area (Å²) in [6.45, 7) is 7.82. The second-order valence-electron chi connectivity index (χ2n) is 5.81. The van der Waals surface area contributed by atoms with Crippen LogP contribution in [0.2, 0.25) is 10.0 Å². The Bertz CT molecular complexity index is 406. The van der Waals surface area contributed by atoms with Gasteiger partial charge in [0.25, 0.3) is 0 Å². The summed E-state index contributed by atoms with van der Waals surface area (Å²) in [6, 6.07) is 6.26. The van der Waals surface area contributed by atoms with E-state index in [0.29, 0.717) is 12.0 Å². The molecule has 0 aromatic heterocycles. The average Bonchev–Trinajstić information content (AvgIpc) is 2.48. The molecular weight excluding hydrogens is 301 g/mol. The maximum Gasteiger partial charge on any atom is 0.0439 e. The molecule has 0 aliphatic rings. The van der Waals surface area contributed by atoms with Gasteiger partial charge in [-0.15, -0.1) is 0 Å². The zero-order valence-corrected chi connectivity index (χ0v) is 15.1. The monoisotopic (exact) mass is 329 g/mol. The van der Waals surface area contributed by atoms with E-state index in [-0.39, 0.29) is 0 Å². The molecule has 1 aromatic carbocycles. The van der Waals surface area contributed by atoms with Crippen LogP contribution in [0.5, 0.6) is 0 Å². The molecule has 0 aliphatic carbocycles. The van der Waals surface area contributed by atoms with E-state index in [1.807, 2.05) is 18.2 Å². The van der Waals surface area contributed by atoms with Crippen molar-refractivity contribution in [2.45, 2.75) is 65.3 Å². The van der Waals surface area contributed by atoms with Crippen molar-refractivity contribution in [1.29, 1.82) is 0 Å². The molecular formula is C18H29Cl2N. The van der Waals surface area contributed by atoms with Gasteiger partial charge in [0, 0.05) is 16.1 Å². The number of hydrogen-bond acceptors (Lipinski definition) is 1. The third-order valence-electron chi connectivity index (χ3n) is 4.13. The van der Waals surface area contributed by atoms with Gasteiger partial charge in [-0.3, -0.25) is 0 Å². The molecule has 0 bridgehead atoms. The molecule has 0 heterocycles. The first-order chi connectivity index (χ1) is 10.1. The smallest absolute Gasteiger partial charge is 0.0439 e. The lowest BCUT2D eigenvalue weighted by Crippen LogP contribution is -2.38. The molecule has 120 valence electrons. The van der Waals surface area contributed by atoms with Gasteiger partial charge in [-0.2, -0.15) is 0 Å². The van der Waals surface area contributed by atoms with Gasteiger partial charge < -0.3 is 5.32 Å². The number of benzene rings is 1. The fourth-order valence-corrected chi connectivity index (χ4v) is 3.22. The van der Waals surface area contributed by atoms with Crippen LogP contribution in [0.4, 0.5) is 0 Å². The molecule has 1 N–H and O–H groups in total. The van der Waals surface area contributed by atoms with Crippen molar-refractivity contribution in [3.63, 3.8) is 0 Å². The highest BCUT2D eigenvalue weighted by atomic mass is 35.5. The third kappa shape index (κ3) is 6.59. The SMILES string of the molecule is CCCCC(CC)C(Cc1cc(Cl)ccc1Cl)NCCC. The van der Waals surface area contributed by atoms with Crippen LogP contribution in [0.3, 0.4) is 0 Å². The normalized spacial score (nSPS) is 14.1. The van der Waals surface area contributed by atoms with Crippen molar-refractivity contribution in [3.05, 3.63) is 33.8 Å². The fraction of sp³-hybridized carbons (Fsp3) is 0.667. The van der Waals surface area contributed by atoms with Gasteiger partial charge >= 0.3 is 0 Å². The number of unbranched alkanes of at least 4 members (excludes halogenated alkanes) is 1. The summed E-state index contributed by atoms with van der Waals surface area (Å²) in [7, 11) is 0. The summed E-state index contributed by atoms with van der Waals surface area (Å²) in [6.07, 6.45) is 7.17. The molecule has 3 heteroatoms. The Morgan fingerprint density at radius 1 is 1.10 bits per heavy atom. The highest BCUT2D eigenvalue weighted by Crippen LogP contribution is 2.26. The van der Waals surface area contributed by atoms with Gasteiger partial charge in [0.05, 0.1) is 0 Å². The molecule has 0 spiro atoms. The highest BCUT2D eigenvalue weighted by molar-refractivity contribution is 6.33. The minimum atomic E-state index is 0.484. The summed E-state index contributed by atoms with van der Waals surface area (Å²) in [5.41, 5.74) is 1.16. The van der Waals surface area contributed by atoms with E-state index in [2.05, 4.69) is 26.1 Å². The minimum absolute atomic E-state index is 0.484. The highest BCUT2D eigenvalue weighted by Gasteiger charge is 2.20. The second kappa shape index (κ2) is 10.5. The summed E-state index contributed by atoms with van der Waals surface area (Å²) < 4.78 is 0. The van der Waals surface area contributed by atoms with Crippen LogP contribution in [-0.4, -0.2) is 12.6 Å². The quantitative estimate of drug-likeness (QED) is 0.545. The third-order valence-corrected chi connectivity index (χ3v) is 4.73. The molecule has 1 rings (SSSR count). The summed E-state index contributed by atoms with van der Waals surface area (Å²) in [5, 5.41) is 5.32. The van der Waals surface area contributed by atoms with Crippen LogP contribution in [0, 0.1) is 5.92 Å². The van der Waals surface area contributed by atoms with Gasteiger partial charge in [0.1, 0.15) is 0 Å². The number of nitrogens with one attached hydrogen (secondary N) is 1. The summed E-state index contributed by atoms with van der Waals surface area (Å²) in [5.74, 6) is 0.701. The zero-order chi connectivity index (χ0) is 15.7. The van der Waals surface area contributed by atoms with Crippen molar-refractivity contribution < 1.29 is 0 Å². The Hall–Kier alpha value is -0.240. The van der Waals surface area contributed by atoms with Gasteiger partial charge in [0.15, 0.2) is 0 Å². The Morgan fingerprint density at radius 3 is 2.48 bits per heavy atom. The molecule has 2 atom stereocenters. The fourth-order valence-electron chi connectivity index (χ4n) is 2.83. The van der Waals surface area contributed by atoms with E-state index in [4.69, 9.17) is 23.2 Å². The maximum absolute atomic E-state index is 6.34. The second-order valence-corrected chi connectivity index (χ2v) is 6.65. The van der Waals surface area contributed by atoms with Crippen LogP contribution in [0.25, 0.3) is 0 Å². The molecule has 0 saturated heterocycles. The number of hydrogen-bond donors (Lipinski definition) is 1. The van der Waals surface area contributed by atoms with E-state index in [0.717, 1.165) is 35.0 Å². The largest absolute Gasteiger partial charge is 0.313 e. The average molecular weight is 330 g/mol. The Morgan fingerprint density at radius 2 is 1.86 bits per heavy atom. The molecule has 1 aromatic rings. The number of halogens is 2. The Balaban J connectivity index is 2.82. The molecule has 21 heavy (non-hydrogen) atoms. The summed E-state index contributed by atoms with van der Waals surface area (Å²) >= 11 is 12.5. The van der Waals surface area contributed by atoms with Gasteiger partial charge in [-0.1, -0.05) is 63.2 Å². The lowest BCUT2D eigenvalue weighted by molar-refractivity contribution is 0.315. The molecule has 0 radical (unpaired) electrons. The first kappa shape index (κ1) is 18.8. The van der Waals surface area contributed by atoms with Crippen molar-refractivity contribution >= 4 is 23.2 Å². The number of rotatable bonds is 10. The first-order valence-electron chi connectivity index (χ1n) is 8.29. The van der Waals surface area contributed by atoms with E-state index in [1.54, 1.807) is 0 Å². The summed E-state index contributed by atoms with van der Waals surface area (Å²) in [4.78, 5) is 0. The van der Waals surface area contributed by atoms with Crippen LogP contribution < -0.4 is 5.32 Å². The van der Waals surface area contributed by atoms with Gasteiger partial charge in [-0.25, -0.2) is 0 Å². The first-order valence-corrected chi connectivity index (χ1v) is 9.05. The van der Waals surface area contributed by atoms with Crippen molar-refractivity contribution in [2.75, 3.05) is 6.54 Å². The standard InChI is InChI=1S/C18H29Cl2N/c1-4-7-8-14(6-3)18(21-11-5-2)13-15-12-16(19)9-10-17(15)20/h9-10,12,14,18,21H,4-8,11,13H2,1-3H3. The lowest BCUT2D eigenvalue weighted by Gasteiger charge is -2.28. The molecule has 0 aliphatic heterocycles.